The summed E-state index contributed by atoms with van der Waals surface area (Å²) in [6.45, 7) is 7.25. The molecule has 2 aliphatic rings. The molecule has 1 fully saturated rings. The first-order valence-electron chi connectivity index (χ1n) is 13.8. The van der Waals surface area contributed by atoms with Crippen molar-refractivity contribution in [2.75, 3.05) is 43.3 Å². The Hall–Kier alpha value is -4.02. The fraction of sp³-hybridized carbons (Fsp3) is 0.323. The van der Waals surface area contributed by atoms with Gasteiger partial charge < -0.3 is 24.4 Å². The smallest absolute Gasteiger partial charge is 0.262 e. The highest BCUT2D eigenvalue weighted by atomic mass is 32.2. The number of carbonyl (C=O) groups is 1. The molecule has 10 heteroatoms. The Balaban J connectivity index is 1.37. The summed E-state index contributed by atoms with van der Waals surface area (Å²) in [6.07, 6.45) is 0.566. The number of nitrogens with zero attached hydrogens (tertiary/aromatic N) is 3. The van der Waals surface area contributed by atoms with Gasteiger partial charge in [-0.05, 0) is 66.9 Å². The molecule has 4 aromatic rings. The summed E-state index contributed by atoms with van der Waals surface area (Å²) in [5.41, 5.74) is 4.10. The number of amides is 1. The molecule has 0 radical (unpaired) electrons. The minimum atomic E-state index is -0.449. The minimum absolute atomic E-state index is 0.130. The van der Waals surface area contributed by atoms with Gasteiger partial charge in [0.05, 0.1) is 35.9 Å². The molecular formula is C31H32N4O5S. The SMILES string of the molecule is CCC(Sc1nc2ccc(N3CCOCC3)cc2c(=O)n1Cc1ccc2c(c1)OCO2)C(=O)Nc1cccc(C)c1. The number of rotatable bonds is 8. The zero-order valence-corrected chi connectivity index (χ0v) is 23.9. The Labute approximate surface area is 242 Å². The molecule has 6 rings (SSSR count). The molecule has 1 saturated heterocycles. The minimum Gasteiger partial charge on any atom is -0.454 e. The van der Waals surface area contributed by atoms with Gasteiger partial charge in [0.15, 0.2) is 16.7 Å². The Morgan fingerprint density at radius 2 is 1.88 bits per heavy atom. The van der Waals surface area contributed by atoms with Crippen molar-refractivity contribution in [3.63, 3.8) is 0 Å². The van der Waals surface area contributed by atoms with Crippen LogP contribution in [0.5, 0.6) is 11.5 Å². The summed E-state index contributed by atoms with van der Waals surface area (Å²) in [4.78, 5) is 34.6. The molecule has 212 valence electrons. The lowest BCUT2D eigenvalue weighted by Gasteiger charge is -2.29. The molecule has 1 atom stereocenters. The van der Waals surface area contributed by atoms with Crippen molar-refractivity contribution in [2.24, 2.45) is 0 Å². The zero-order chi connectivity index (χ0) is 28.3. The quantitative estimate of drug-likeness (QED) is 0.237. The van der Waals surface area contributed by atoms with E-state index in [1.807, 2.05) is 74.5 Å². The molecule has 1 amide bonds. The lowest BCUT2D eigenvalue weighted by molar-refractivity contribution is -0.115. The van der Waals surface area contributed by atoms with E-state index in [1.54, 1.807) is 4.57 Å². The molecule has 2 aliphatic heterocycles. The van der Waals surface area contributed by atoms with E-state index in [-0.39, 0.29) is 24.8 Å². The van der Waals surface area contributed by atoms with Crippen LogP contribution in [0.15, 0.2) is 70.6 Å². The van der Waals surface area contributed by atoms with Crippen molar-refractivity contribution < 1.29 is 19.0 Å². The molecule has 0 bridgehead atoms. The number of ether oxygens (including phenoxy) is 3. The molecule has 3 heterocycles. The van der Waals surface area contributed by atoms with E-state index in [4.69, 9.17) is 19.2 Å². The number of aryl methyl sites for hydroxylation is 1. The number of nitrogens with one attached hydrogen (secondary N) is 1. The van der Waals surface area contributed by atoms with Crippen molar-refractivity contribution in [3.8, 4) is 11.5 Å². The van der Waals surface area contributed by atoms with Crippen LogP contribution in [0.4, 0.5) is 11.4 Å². The largest absolute Gasteiger partial charge is 0.454 e. The van der Waals surface area contributed by atoms with Crippen LogP contribution in [0.3, 0.4) is 0 Å². The molecule has 41 heavy (non-hydrogen) atoms. The third-order valence-electron chi connectivity index (χ3n) is 7.25. The van der Waals surface area contributed by atoms with Crippen LogP contribution in [0.25, 0.3) is 10.9 Å². The highest BCUT2D eigenvalue weighted by Crippen LogP contribution is 2.33. The van der Waals surface area contributed by atoms with E-state index in [0.717, 1.165) is 35.6 Å². The number of carbonyl (C=O) groups excluding carboxylic acids is 1. The third kappa shape index (κ3) is 5.89. The topological polar surface area (TPSA) is 94.9 Å². The summed E-state index contributed by atoms with van der Waals surface area (Å²) < 4.78 is 18.2. The highest BCUT2D eigenvalue weighted by Gasteiger charge is 2.24. The summed E-state index contributed by atoms with van der Waals surface area (Å²) in [5, 5.41) is 3.61. The fourth-order valence-electron chi connectivity index (χ4n) is 5.05. The second-order valence-corrected chi connectivity index (χ2v) is 11.3. The number of morpholine rings is 1. The van der Waals surface area contributed by atoms with E-state index in [2.05, 4.69) is 10.2 Å². The number of fused-ring (bicyclic) bond motifs is 2. The van der Waals surface area contributed by atoms with Crippen LogP contribution < -0.4 is 25.2 Å². The Kier molecular flexibility index (Phi) is 7.84. The number of hydrogen-bond donors (Lipinski definition) is 1. The first kappa shape index (κ1) is 27.2. The van der Waals surface area contributed by atoms with Crippen LogP contribution in [0.2, 0.25) is 0 Å². The summed E-state index contributed by atoms with van der Waals surface area (Å²) in [6, 6.07) is 19.2. The van der Waals surface area contributed by atoms with Gasteiger partial charge >= 0.3 is 0 Å². The third-order valence-corrected chi connectivity index (χ3v) is 8.61. The van der Waals surface area contributed by atoms with Gasteiger partial charge in [-0.3, -0.25) is 14.2 Å². The van der Waals surface area contributed by atoms with Gasteiger partial charge in [0.1, 0.15) is 0 Å². The van der Waals surface area contributed by atoms with Crippen LogP contribution in [0.1, 0.15) is 24.5 Å². The summed E-state index contributed by atoms with van der Waals surface area (Å²) >= 11 is 1.31. The van der Waals surface area contributed by atoms with Gasteiger partial charge in [0.25, 0.3) is 5.56 Å². The average molecular weight is 573 g/mol. The summed E-state index contributed by atoms with van der Waals surface area (Å²) in [5.74, 6) is 1.20. The predicted octanol–water partition coefficient (Wildman–Crippen LogP) is 4.83. The van der Waals surface area contributed by atoms with Gasteiger partial charge in [-0.25, -0.2) is 4.98 Å². The molecule has 0 aliphatic carbocycles. The number of hydrogen-bond acceptors (Lipinski definition) is 8. The van der Waals surface area contributed by atoms with Crippen molar-refractivity contribution in [3.05, 3.63) is 82.1 Å². The van der Waals surface area contributed by atoms with Crippen LogP contribution in [-0.2, 0) is 16.1 Å². The fourth-order valence-corrected chi connectivity index (χ4v) is 6.07. The second-order valence-electron chi connectivity index (χ2n) is 10.1. The van der Waals surface area contributed by atoms with Crippen LogP contribution in [-0.4, -0.2) is 53.8 Å². The average Bonchev–Trinajstić information content (AvgIpc) is 3.46. The van der Waals surface area contributed by atoms with Gasteiger partial charge in [-0.1, -0.05) is 36.9 Å². The Bertz CT molecular complexity index is 1650. The Morgan fingerprint density at radius 1 is 1.05 bits per heavy atom. The molecular weight excluding hydrogens is 540 g/mol. The number of anilines is 2. The zero-order valence-electron chi connectivity index (χ0n) is 23.1. The van der Waals surface area contributed by atoms with E-state index in [9.17, 15) is 9.59 Å². The molecule has 0 saturated carbocycles. The predicted molar refractivity (Wildman–Crippen MR) is 160 cm³/mol. The highest BCUT2D eigenvalue weighted by molar-refractivity contribution is 8.00. The van der Waals surface area contributed by atoms with Crippen molar-refractivity contribution >= 4 is 39.9 Å². The lowest BCUT2D eigenvalue weighted by atomic mass is 10.1. The van der Waals surface area contributed by atoms with Crippen LogP contribution >= 0.6 is 11.8 Å². The molecule has 3 aromatic carbocycles. The van der Waals surface area contributed by atoms with Gasteiger partial charge in [0.2, 0.25) is 12.7 Å². The maximum Gasteiger partial charge on any atom is 0.262 e. The number of benzene rings is 3. The van der Waals surface area contributed by atoms with E-state index < -0.39 is 5.25 Å². The molecule has 1 aromatic heterocycles. The van der Waals surface area contributed by atoms with Crippen molar-refractivity contribution in [1.29, 1.82) is 0 Å². The molecule has 9 nitrogen and oxygen atoms in total. The van der Waals surface area contributed by atoms with Gasteiger partial charge in [-0.15, -0.1) is 0 Å². The maximum absolute atomic E-state index is 14.1. The molecule has 1 unspecified atom stereocenters. The van der Waals surface area contributed by atoms with E-state index in [1.165, 1.54) is 11.8 Å². The van der Waals surface area contributed by atoms with E-state index >= 15 is 0 Å². The van der Waals surface area contributed by atoms with Crippen LogP contribution in [0, 0.1) is 6.92 Å². The van der Waals surface area contributed by atoms with Crippen molar-refractivity contribution in [2.45, 2.75) is 37.2 Å². The lowest BCUT2D eigenvalue weighted by Crippen LogP contribution is -2.36. The first-order chi connectivity index (χ1) is 20.0. The van der Waals surface area contributed by atoms with Gasteiger partial charge in [-0.2, -0.15) is 0 Å². The number of thioether (sulfide) groups is 1. The maximum atomic E-state index is 14.1. The number of aromatic nitrogens is 2. The Morgan fingerprint density at radius 3 is 2.68 bits per heavy atom. The van der Waals surface area contributed by atoms with E-state index in [0.29, 0.717) is 47.2 Å². The first-order valence-corrected chi connectivity index (χ1v) is 14.7. The monoisotopic (exact) mass is 572 g/mol. The molecule has 1 N–H and O–H groups in total. The van der Waals surface area contributed by atoms with Gasteiger partial charge in [0, 0.05) is 24.5 Å². The standard InChI is InChI=1S/C31H32N4O5S/c1-3-28(29(36)32-22-6-4-5-20(2)15-22)41-31-33-25-9-8-23(34-11-13-38-14-12-34)17-24(25)30(37)35(31)18-21-7-10-26-27(16-21)40-19-39-26/h4-10,15-17,28H,3,11-14,18-19H2,1-2H3,(H,32,36). The summed E-state index contributed by atoms with van der Waals surface area (Å²) in [7, 11) is 0. The normalized spacial score (nSPS) is 15.2. The second kappa shape index (κ2) is 11.8. The van der Waals surface area contributed by atoms with Crippen molar-refractivity contribution in [1.82, 2.24) is 9.55 Å². The molecule has 0 spiro atoms.